The number of aromatic nitrogens is 3. The zero-order valence-corrected chi connectivity index (χ0v) is 10.9. The maximum atomic E-state index is 4.70. The molecule has 17 heavy (non-hydrogen) atoms. The summed E-state index contributed by atoms with van der Waals surface area (Å²) in [4.78, 5) is 9.21. The lowest BCUT2D eigenvalue weighted by molar-refractivity contribution is 0.492. The third kappa shape index (κ3) is 1.95. The van der Waals surface area contributed by atoms with Crippen molar-refractivity contribution in [3.63, 3.8) is 0 Å². The molecule has 0 spiro atoms. The van der Waals surface area contributed by atoms with Crippen LogP contribution in [0.5, 0.6) is 0 Å². The van der Waals surface area contributed by atoms with Gasteiger partial charge in [0.05, 0.1) is 0 Å². The van der Waals surface area contributed by atoms with E-state index >= 15 is 0 Å². The van der Waals surface area contributed by atoms with E-state index in [0.717, 1.165) is 17.6 Å². The van der Waals surface area contributed by atoms with Crippen molar-refractivity contribution in [1.29, 1.82) is 0 Å². The van der Waals surface area contributed by atoms with Crippen LogP contribution in [-0.4, -0.2) is 26.0 Å². The van der Waals surface area contributed by atoms with Crippen LogP contribution in [0.15, 0.2) is 18.3 Å². The summed E-state index contributed by atoms with van der Waals surface area (Å²) in [5.41, 5.74) is 2.11. The smallest absolute Gasteiger partial charge is 0.160 e. The SMILES string of the molecule is CCc1nc2cccnc2n1C1CCCSC1. The molecule has 90 valence electrons. The fourth-order valence-electron chi connectivity index (χ4n) is 2.54. The highest BCUT2D eigenvalue weighted by molar-refractivity contribution is 7.99. The van der Waals surface area contributed by atoms with Crippen molar-refractivity contribution < 1.29 is 0 Å². The van der Waals surface area contributed by atoms with Crippen LogP contribution < -0.4 is 0 Å². The van der Waals surface area contributed by atoms with Crippen LogP contribution in [0.3, 0.4) is 0 Å². The molecule has 0 radical (unpaired) electrons. The molecular weight excluding hydrogens is 230 g/mol. The lowest BCUT2D eigenvalue weighted by Crippen LogP contribution is -2.18. The second-order valence-electron chi connectivity index (χ2n) is 4.47. The highest BCUT2D eigenvalue weighted by atomic mass is 32.2. The zero-order chi connectivity index (χ0) is 11.7. The van der Waals surface area contributed by atoms with Gasteiger partial charge in [-0.25, -0.2) is 9.97 Å². The summed E-state index contributed by atoms with van der Waals surface area (Å²) in [6.07, 6.45) is 5.43. The van der Waals surface area contributed by atoms with Gasteiger partial charge in [0.25, 0.3) is 0 Å². The van der Waals surface area contributed by atoms with Crippen LogP contribution >= 0.6 is 11.8 Å². The third-order valence-electron chi connectivity index (χ3n) is 3.34. The Bertz CT molecular complexity index is 514. The van der Waals surface area contributed by atoms with Crippen molar-refractivity contribution >= 4 is 22.9 Å². The van der Waals surface area contributed by atoms with Gasteiger partial charge in [-0.2, -0.15) is 11.8 Å². The van der Waals surface area contributed by atoms with E-state index in [-0.39, 0.29) is 0 Å². The lowest BCUT2D eigenvalue weighted by Gasteiger charge is -2.24. The van der Waals surface area contributed by atoms with Crippen LogP contribution in [0, 0.1) is 0 Å². The van der Waals surface area contributed by atoms with Gasteiger partial charge in [0.2, 0.25) is 0 Å². The number of pyridine rings is 1. The number of thioether (sulfide) groups is 1. The third-order valence-corrected chi connectivity index (χ3v) is 4.54. The Balaban J connectivity index is 2.11. The molecule has 0 N–H and O–H groups in total. The molecule has 3 rings (SSSR count). The number of hydrogen-bond acceptors (Lipinski definition) is 3. The summed E-state index contributed by atoms with van der Waals surface area (Å²) in [5.74, 6) is 3.69. The number of imidazole rings is 1. The molecule has 1 aliphatic heterocycles. The van der Waals surface area contributed by atoms with Crippen molar-refractivity contribution in [2.75, 3.05) is 11.5 Å². The Morgan fingerprint density at radius 1 is 1.53 bits per heavy atom. The van der Waals surface area contributed by atoms with Crippen molar-refractivity contribution in [3.05, 3.63) is 24.2 Å². The van der Waals surface area contributed by atoms with E-state index in [4.69, 9.17) is 4.98 Å². The van der Waals surface area contributed by atoms with E-state index in [1.165, 1.54) is 30.2 Å². The molecule has 4 heteroatoms. The van der Waals surface area contributed by atoms with Gasteiger partial charge in [0, 0.05) is 24.4 Å². The largest absolute Gasteiger partial charge is 0.309 e. The molecule has 1 aliphatic rings. The fourth-order valence-corrected chi connectivity index (χ4v) is 3.66. The predicted molar refractivity (Wildman–Crippen MR) is 72.5 cm³/mol. The van der Waals surface area contributed by atoms with Gasteiger partial charge >= 0.3 is 0 Å². The van der Waals surface area contributed by atoms with E-state index in [9.17, 15) is 0 Å². The van der Waals surface area contributed by atoms with E-state index in [2.05, 4.69) is 34.3 Å². The highest BCUT2D eigenvalue weighted by Crippen LogP contribution is 2.30. The van der Waals surface area contributed by atoms with Crippen LogP contribution in [0.25, 0.3) is 11.2 Å². The molecule has 1 saturated heterocycles. The molecule has 3 nitrogen and oxygen atoms in total. The van der Waals surface area contributed by atoms with E-state index < -0.39 is 0 Å². The second kappa shape index (κ2) is 4.69. The minimum Gasteiger partial charge on any atom is -0.309 e. The number of nitrogens with zero attached hydrogens (tertiary/aromatic N) is 3. The van der Waals surface area contributed by atoms with Gasteiger partial charge < -0.3 is 4.57 Å². The minimum atomic E-state index is 0.587. The first-order valence-electron chi connectivity index (χ1n) is 6.29. The molecule has 3 heterocycles. The Labute approximate surface area is 106 Å². The maximum Gasteiger partial charge on any atom is 0.160 e. The molecule has 2 aromatic rings. The van der Waals surface area contributed by atoms with Gasteiger partial charge in [-0.1, -0.05) is 6.92 Å². The van der Waals surface area contributed by atoms with Gasteiger partial charge in [0.1, 0.15) is 11.3 Å². The molecule has 1 fully saturated rings. The molecule has 2 aromatic heterocycles. The Hall–Kier alpha value is -1.03. The van der Waals surface area contributed by atoms with Crippen molar-refractivity contribution in [1.82, 2.24) is 14.5 Å². The molecular formula is C13H17N3S. The van der Waals surface area contributed by atoms with Crippen molar-refractivity contribution in [2.24, 2.45) is 0 Å². The summed E-state index contributed by atoms with van der Waals surface area (Å²) in [6, 6.07) is 4.62. The standard InChI is InChI=1S/C13H17N3S/c1-2-12-15-11-6-3-7-14-13(11)16(12)10-5-4-8-17-9-10/h3,6-7,10H,2,4-5,8-9H2,1H3. The number of rotatable bonds is 2. The zero-order valence-electron chi connectivity index (χ0n) is 10.1. The van der Waals surface area contributed by atoms with Crippen LogP contribution in [0.2, 0.25) is 0 Å². The summed E-state index contributed by atoms with van der Waals surface area (Å²) >= 11 is 2.05. The first-order valence-corrected chi connectivity index (χ1v) is 7.45. The highest BCUT2D eigenvalue weighted by Gasteiger charge is 2.21. The van der Waals surface area contributed by atoms with Crippen molar-refractivity contribution in [3.8, 4) is 0 Å². The van der Waals surface area contributed by atoms with Gasteiger partial charge in [-0.3, -0.25) is 0 Å². The normalized spacial score (nSPS) is 20.9. The molecule has 0 saturated carbocycles. The lowest BCUT2D eigenvalue weighted by atomic mass is 10.2. The number of fused-ring (bicyclic) bond motifs is 1. The first kappa shape index (κ1) is 11.1. The molecule has 0 aliphatic carbocycles. The predicted octanol–water partition coefficient (Wildman–Crippen LogP) is 3.06. The summed E-state index contributed by atoms with van der Waals surface area (Å²) in [7, 11) is 0. The topological polar surface area (TPSA) is 30.7 Å². The molecule has 1 atom stereocenters. The number of hydrogen-bond donors (Lipinski definition) is 0. The summed E-state index contributed by atoms with van der Waals surface area (Å²) in [5, 5.41) is 0. The fraction of sp³-hybridized carbons (Fsp3) is 0.538. The van der Waals surface area contributed by atoms with E-state index in [1.54, 1.807) is 0 Å². The maximum absolute atomic E-state index is 4.70. The van der Waals surface area contributed by atoms with Crippen LogP contribution in [0.4, 0.5) is 0 Å². The Morgan fingerprint density at radius 3 is 3.24 bits per heavy atom. The van der Waals surface area contributed by atoms with Gasteiger partial charge in [0.15, 0.2) is 5.65 Å². The van der Waals surface area contributed by atoms with Crippen LogP contribution in [-0.2, 0) is 6.42 Å². The number of aryl methyl sites for hydroxylation is 1. The van der Waals surface area contributed by atoms with E-state index in [1.807, 2.05) is 12.3 Å². The quantitative estimate of drug-likeness (QED) is 0.817. The Kier molecular flexibility index (Phi) is 3.05. The minimum absolute atomic E-state index is 0.587. The van der Waals surface area contributed by atoms with Crippen LogP contribution in [0.1, 0.15) is 31.6 Å². The molecule has 0 bridgehead atoms. The molecule has 0 amide bonds. The Morgan fingerprint density at radius 2 is 2.47 bits per heavy atom. The second-order valence-corrected chi connectivity index (χ2v) is 5.62. The summed E-state index contributed by atoms with van der Waals surface area (Å²) < 4.78 is 2.38. The average molecular weight is 247 g/mol. The average Bonchev–Trinajstić information content (AvgIpc) is 2.78. The van der Waals surface area contributed by atoms with Gasteiger partial charge in [-0.05, 0) is 30.7 Å². The summed E-state index contributed by atoms with van der Waals surface area (Å²) in [6.45, 7) is 2.17. The van der Waals surface area contributed by atoms with E-state index in [0.29, 0.717) is 6.04 Å². The van der Waals surface area contributed by atoms with Gasteiger partial charge in [-0.15, -0.1) is 0 Å². The molecule has 1 unspecified atom stereocenters. The van der Waals surface area contributed by atoms with Crippen molar-refractivity contribution in [2.45, 2.75) is 32.2 Å². The molecule has 0 aromatic carbocycles. The first-order chi connectivity index (χ1) is 8.40. The monoisotopic (exact) mass is 247 g/mol.